The second-order valence-electron chi connectivity index (χ2n) is 2.64. The number of carbonyl (C=O) groups excluding carboxylic acids is 1. The van der Waals surface area contributed by atoms with E-state index in [4.69, 9.17) is 6.57 Å². The first-order chi connectivity index (χ1) is 7.15. The van der Waals surface area contributed by atoms with Gasteiger partial charge in [0.1, 0.15) is 5.69 Å². The Morgan fingerprint density at radius 2 is 2.20 bits per heavy atom. The van der Waals surface area contributed by atoms with Crippen molar-refractivity contribution in [3.63, 3.8) is 0 Å². The van der Waals surface area contributed by atoms with Crippen molar-refractivity contribution in [1.29, 1.82) is 0 Å². The summed E-state index contributed by atoms with van der Waals surface area (Å²) in [6.07, 6.45) is 0. The zero-order chi connectivity index (χ0) is 11.3. The van der Waals surface area contributed by atoms with E-state index in [2.05, 4.69) is 10.2 Å². The molecule has 6 heteroatoms. The van der Waals surface area contributed by atoms with E-state index >= 15 is 0 Å². The van der Waals surface area contributed by atoms with Crippen molar-refractivity contribution in [2.45, 2.75) is 0 Å². The zero-order valence-electron chi connectivity index (χ0n) is 7.64. The van der Waals surface area contributed by atoms with Crippen LogP contribution >= 0.6 is 0 Å². The van der Waals surface area contributed by atoms with Crippen molar-refractivity contribution < 1.29 is 9.72 Å². The number of nitrogens with zero attached hydrogens (tertiary/aromatic N) is 2. The van der Waals surface area contributed by atoms with E-state index in [0.717, 1.165) is 0 Å². The maximum absolute atomic E-state index is 11.0. The Labute approximate surface area is 85.5 Å². The van der Waals surface area contributed by atoms with Crippen molar-refractivity contribution in [3.8, 4) is 0 Å². The molecule has 0 saturated heterocycles. The summed E-state index contributed by atoms with van der Waals surface area (Å²) in [5, 5.41) is 12.9. The van der Waals surface area contributed by atoms with Gasteiger partial charge in [-0.25, -0.2) is 6.57 Å². The number of rotatable bonds is 3. The summed E-state index contributed by atoms with van der Waals surface area (Å²) >= 11 is 0. The van der Waals surface area contributed by atoms with Gasteiger partial charge in [-0.15, -0.1) is 0 Å². The molecule has 0 saturated carbocycles. The number of carbonyl (C=O) groups is 1. The summed E-state index contributed by atoms with van der Waals surface area (Å²) in [5.74, 6) is -0.556. The van der Waals surface area contributed by atoms with Crippen LogP contribution in [0.5, 0.6) is 0 Å². The van der Waals surface area contributed by atoms with Gasteiger partial charge in [0.15, 0.2) is 0 Å². The van der Waals surface area contributed by atoms with Crippen LogP contribution in [-0.4, -0.2) is 17.4 Å². The van der Waals surface area contributed by atoms with Crippen LogP contribution < -0.4 is 5.32 Å². The van der Waals surface area contributed by atoms with Gasteiger partial charge in [-0.2, -0.15) is 0 Å². The molecule has 0 aliphatic rings. The first-order valence-electron chi connectivity index (χ1n) is 4.01. The summed E-state index contributed by atoms with van der Waals surface area (Å²) < 4.78 is 0. The Morgan fingerprint density at radius 3 is 2.80 bits per heavy atom. The average molecular weight is 205 g/mol. The van der Waals surface area contributed by atoms with Gasteiger partial charge in [-0.1, -0.05) is 12.1 Å². The molecule has 0 aliphatic carbocycles. The monoisotopic (exact) mass is 205 g/mol. The average Bonchev–Trinajstić information content (AvgIpc) is 2.18. The molecule has 15 heavy (non-hydrogen) atoms. The third-order valence-corrected chi connectivity index (χ3v) is 1.60. The second-order valence-corrected chi connectivity index (χ2v) is 2.64. The highest BCUT2D eigenvalue weighted by Crippen LogP contribution is 2.22. The zero-order valence-corrected chi connectivity index (χ0v) is 7.64. The molecule has 1 amide bonds. The fourth-order valence-corrected chi connectivity index (χ4v) is 1.00. The first-order valence-corrected chi connectivity index (χ1v) is 4.01. The molecule has 6 nitrogen and oxygen atoms in total. The maximum atomic E-state index is 11.0. The molecule has 1 rings (SSSR count). The minimum absolute atomic E-state index is 0.108. The number of nitro groups is 1. The SMILES string of the molecule is [C-]#[N+]CC(=O)Nc1ccccc1[N+](=O)[O-]. The Hall–Kier alpha value is -2.42. The van der Waals surface area contributed by atoms with Gasteiger partial charge in [-0.05, 0) is 6.07 Å². The number of nitrogens with one attached hydrogen (secondary N) is 1. The topological polar surface area (TPSA) is 76.6 Å². The maximum Gasteiger partial charge on any atom is 0.304 e. The number of para-hydroxylation sites is 2. The number of nitro benzene ring substituents is 1. The van der Waals surface area contributed by atoms with Gasteiger partial charge in [0.2, 0.25) is 0 Å². The molecule has 0 atom stereocenters. The largest absolute Gasteiger partial charge is 0.314 e. The van der Waals surface area contributed by atoms with Gasteiger partial charge in [-0.3, -0.25) is 14.9 Å². The molecule has 76 valence electrons. The number of benzene rings is 1. The van der Waals surface area contributed by atoms with Crippen molar-refractivity contribution in [1.82, 2.24) is 0 Å². The minimum atomic E-state index is -0.590. The van der Waals surface area contributed by atoms with E-state index < -0.39 is 10.8 Å². The Kier molecular flexibility index (Phi) is 3.35. The van der Waals surface area contributed by atoms with Gasteiger partial charge in [0.05, 0.1) is 4.92 Å². The molecule has 0 radical (unpaired) electrons. The molecule has 1 aromatic carbocycles. The van der Waals surface area contributed by atoms with E-state index in [0.29, 0.717) is 0 Å². The molecule has 0 unspecified atom stereocenters. The lowest BCUT2D eigenvalue weighted by molar-refractivity contribution is -0.383. The predicted octanol–water partition coefficient (Wildman–Crippen LogP) is 1.45. The van der Waals surface area contributed by atoms with E-state index in [1.807, 2.05) is 0 Å². The Morgan fingerprint density at radius 1 is 1.53 bits per heavy atom. The molecule has 0 aromatic heterocycles. The molecular weight excluding hydrogens is 198 g/mol. The number of hydrogen-bond acceptors (Lipinski definition) is 3. The summed E-state index contributed by atoms with van der Waals surface area (Å²) in [7, 11) is 0. The van der Waals surface area contributed by atoms with E-state index in [-0.39, 0.29) is 17.9 Å². The third kappa shape index (κ3) is 2.77. The lowest BCUT2D eigenvalue weighted by Gasteiger charge is -2.01. The van der Waals surface area contributed by atoms with E-state index in [9.17, 15) is 14.9 Å². The highest BCUT2D eigenvalue weighted by molar-refractivity contribution is 5.95. The summed E-state index contributed by atoms with van der Waals surface area (Å²) in [6.45, 7) is 6.13. The highest BCUT2D eigenvalue weighted by atomic mass is 16.6. The quantitative estimate of drug-likeness (QED) is 0.461. The van der Waals surface area contributed by atoms with Crippen molar-refractivity contribution >= 4 is 17.3 Å². The fraction of sp³-hybridized carbons (Fsp3) is 0.111. The molecule has 0 fully saturated rings. The Bertz CT molecular complexity index is 436. The van der Waals surface area contributed by atoms with Crippen LogP contribution in [0.3, 0.4) is 0 Å². The molecule has 0 bridgehead atoms. The molecule has 0 heterocycles. The van der Waals surface area contributed by atoms with Crippen LogP contribution in [0.2, 0.25) is 0 Å². The standard InChI is InChI=1S/C9H7N3O3/c1-10-6-9(13)11-7-4-2-3-5-8(7)12(14)15/h2-5H,6H2,(H,11,13). The van der Waals surface area contributed by atoms with Gasteiger partial charge in [0, 0.05) is 6.07 Å². The molecule has 1 aromatic rings. The van der Waals surface area contributed by atoms with Crippen LogP contribution in [0.15, 0.2) is 24.3 Å². The van der Waals surface area contributed by atoms with Gasteiger partial charge < -0.3 is 10.2 Å². The molecule has 1 N–H and O–H groups in total. The predicted molar refractivity (Wildman–Crippen MR) is 53.2 cm³/mol. The highest BCUT2D eigenvalue weighted by Gasteiger charge is 2.15. The number of anilines is 1. The second kappa shape index (κ2) is 4.72. The lowest BCUT2D eigenvalue weighted by atomic mass is 10.2. The van der Waals surface area contributed by atoms with Crippen molar-refractivity contribution in [3.05, 3.63) is 45.8 Å². The van der Waals surface area contributed by atoms with Crippen LogP contribution in [-0.2, 0) is 4.79 Å². The van der Waals surface area contributed by atoms with E-state index in [1.165, 1.54) is 18.2 Å². The minimum Gasteiger partial charge on any atom is -0.314 e. The smallest absolute Gasteiger partial charge is 0.304 e. The first kappa shape index (κ1) is 10.7. The summed E-state index contributed by atoms with van der Waals surface area (Å²) in [4.78, 5) is 23.9. The van der Waals surface area contributed by atoms with E-state index in [1.54, 1.807) is 6.07 Å². The molecular formula is C9H7N3O3. The van der Waals surface area contributed by atoms with Crippen LogP contribution in [0.4, 0.5) is 11.4 Å². The fourth-order valence-electron chi connectivity index (χ4n) is 1.00. The Balaban J connectivity index is 2.90. The van der Waals surface area contributed by atoms with Gasteiger partial charge >= 0.3 is 5.91 Å². The van der Waals surface area contributed by atoms with Crippen molar-refractivity contribution in [2.24, 2.45) is 0 Å². The lowest BCUT2D eigenvalue weighted by Crippen LogP contribution is -2.14. The normalized spacial score (nSPS) is 9.00. The molecule has 0 spiro atoms. The summed E-state index contributed by atoms with van der Waals surface area (Å²) in [6, 6.07) is 5.77. The summed E-state index contributed by atoms with van der Waals surface area (Å²) in [5.41, 5.74) is -0.0769. The third-order valence-electron chi connectivity index (χ3n) is 1.60. The van der Waals surface area contributed by atoms with Crippen LogP contribution in [0.1, 0.15) is 0 Å². The van der Waals surface area contributed by atoms with Crippen LogP contribution in [0.25, 0.3) is 4.85 Å². The van der Waals surface area contributed by atoms with Crippen molar-refractivity contribution in [2.75, 3.05) is 11.9 Å². The molecule has 0 aliphatic heterocycles. The number of hydrogen-bond donors (Lipinski definition) is 1. The van der Waals surface area contributed by atoms with Crippen LogP contribution in [0, 0.1) is 16.7 Å². The number of amides is 1. The van der Waals surface area contributed by atoms with Gasteiger partial charge in [0.25, 0.3) is 12.2 Å².